The van der Waals surface area contributed by atoms with Crippen molar-refractivity contribution in [2.45, 2.75) is 62.7 Å². The van der Waals surface area contributed by atoms with E-state index in [4.69, 9.17) is 5.73 Å². The molecule has 0 radical (unpaired) electrons. The predicted octanol–water partition coefficient (Wildman–Crippen LogP) is -1.36. The molecule has 2 rings (SSSR count). The first-order chi connectivity index (χ1) is 16.3. The highest BCUT2D eigenvalue weighted by atomic mass is 16.4. The van der Waals surface area contributed by atoms with Crippen LogP contribution in [0.4, 0.5) is 0 Å². The fourth-order valence-corrected chi connectivity index (χ4v) is 3.73. The van der Waals surface area contributed by atoms with Crippen LogP contribution in [0.2, 0.25) is 0 Å². The van der Waals surface area contributed by atoms with Crippen LogP contribution in [0.5, 0.6) is 0 Å². The quantitative estimate of drug-likeness (QED) is 0.160. The molecule has 0 aromatic heterocycles. The summed E-state index contributed by atoms with van der Waals surface area (Å²) < 4.78 is 0. The van der Waals surface area contributed by atoms with E-state index < -0.39 is 42.5 Å². The van der Waals surface area contributed by atoms with Crippen molar-refractivity contribution in [2.24, 2.45) is 5.73 Å². The van der Waals surface area contributed by atoms with Crippen LogP contribution in [0.3, 0.4) is 0 Å². The molecule has 8 N–H and O–H groups in total. The minimum Gasteiger partial charge on any atom is -0.480 e. The Morgan fingerprint density at radius 3 is 2.26 bits per heavy atom. The topological polar surface area (TPSA) is 183 Å². The molecule has 0 bridgehead atoms. The number of benzene rings is 1. The number of carbonyl (C=O) groups excluding carboxylic acids is 3. The van der Waals surface area contributed by atoms with Gasteiger partial charge in [0.15, 0.2) is 0 Å². The first-order valence-electron chi connectivity index (χ1n) is 11.6. The maximum Gasteiger partial charge on any atom is 0.326 e. The average molecular weight is 478 g/mol. The summed E-state index contributed by atoms with van der Waals surface area (Å²) in [5.41, 5.74) is 6.24. The fourth-order valence-electron chi connectivity index (χ4n) is 3.73. The number of carboxylic acids is 1. The van der Waals surface area contributed by atoms with Gasteiger partial charge >= 0.3 is 5.97 Å². The highest BCUT2D eigenvalue weighted by molar-refractivity contribution is 5.94. The van der Waals surface area contributed by atoms with Crippen LogP contribution in [0, 0.1) is 0 Å². The summed E-state index contributed by atoms with van der Waals surface area (Å²) in [7, 11) is 0. The molecule has 1 fully saturated rings. The zero-order valence-corrected chi connectivity index (χ0v) is 19.2. The fraction of sp³-hybridized carbons (Fsp3) is 0.565. The third-order valence-electron chi connectivity index (χ3n) is 5.67. The van der Waals surface area contributed by atoms with Gasteiger partial charge in [0.25, 0.3) is 0 Å². The van der Waals surface area contributed by atoms with Gasteiger partial charge in [0.2, 0.25) is 17.7 Å². The molecule has 0 aliphatic carbocycles. The molecule has 11 heteroatoms. The van der Waals surface area contributed by atoms with Gasteiger partial charge in [-0.1, -0.05) is 30.3 Å². The molecule has 1 heterocycles. The number of hydrogen-bond acceptors (Lipinski definition) is 7. The van der Waals surface area contributed by atoms with E-state index in [1.807, 2.05) is 0 Å². The van der Waals surface area contributed by atoms with Crippen LogP contribution in [0.15, 0.2) is 30.3 Å². The second-order valence-electron chi connectivity index (χ2n) is 8.33. The van der Waals surface area contributed by atoms with E-state index in [0.29, 0.717) is 37.8 Å². The largest absolute Gasteiger partial charge is 0.480 e. The lowest BCUT2D eigenvalue weighted by Crippen LogP contribution is -2.58. The van der Waals surface area contributed by atoms with Gasteiger partial charge < -0.3 is 37.2 Å². The standard InChI is InChI=1S/C23H35N5O6/c24-11-5-4-9-17(26-20(30)16-10-6-12-25-16)21(31)28-19(14-29)22(32)27-18(23(33)34)13-15-7-2-1-3-8-15/h1-3,7-8,16-19,25,29H,4-6,9-14,24H2,(H,26,30)(H,27,32)(H,28,31)(H,33,34). The third-order valence-corrected chi connectivity index (χ3v) is 5.67. The highest BCUT2D eigenvalue weighted by Crippen LogP contribution is 2.08. The molecular formula is C23H35N5O6. The smallest absolute Gasteiger partial charge is 0.326 e. The van der Waals surface area contributed by atoms with E-state index in [-0.39, 0.29) is 18.4 Å². The molecule has 4 unspecified atom stereocenters. The number of aliphatic hydroxyl groups is 1. The van der Waals surface area contributed by atoms with E-state index in [9.17, 15) is 29.4 Å². The van der Waals surface area contributed by atoms with Gasteiger partial charge in [0.05, 0.1) is 12.6 Å². The summed E-state index contributed by atoms with van der Waals surface area (Å²) in [6.45, 7) is 0.428. The minimum atomic E-state index is -1.37. The molecule has 1 aromatic carbocycles. The molecule has 1 aliphatic rings. The molecular weight excluding hydrogens is 442 g/mol. The number of carboxylic acid groups (broad SMARTS) is 1. The number of nitrogens with two attached hydrogens (primary N) is 1. The number of aliphatic hydroxyl groups excluding tert-OH is 1. The number of nitrogens with one attached hydrogen (secondary N) is 4. The van der Waals surface area contributed by atoms with Gasteiger partial charge in [-0.25, -0.2) is 4.79 Å². The molecule has 0 spiro atoms. The molecule has 1 aromatic rings. The second kappa shape index (κ2) is 14.3. The Labute approximate surface area is 198 Å². The summed E-state index contributed by atoms with van der Waals surface area (Å²) in [6, 6.07) is 4.88. The van der Waals surface area contributed by atoms with Gasteiger partial charge in [0.1, 0.15) is 18.1 Å². The molecule has 3 amide bonds. The van der Waals surface area contributed by atoms with Gasteiger partial charge in [-0.05, 0) is 50.8 Å². The van der Waals surface area contributed by atoms with Crippen LogP contribution in [-0.4, -0.2) is 77.8 Å². The zero-order chi connectivity index (χ0) is 24.9. The van der Waals surface area contributed by atoms with E-state index in [1.54, 1.807) is 30.3 Å². The summed E-state index contributed by atoms with van der Waals surface area (Å²) in [5, 5.41) is 29.8. The normalized spacial score (nSPS) is 17.9. The SMILES string of the molecule is NCCCCC(NC(=O)C1CCCN1)C(=O)NC(CO)C(=O)NC(Cc1ccccc1)C(=O)O. The second-order valence-corrected chi connectivity index (χ2v) is 8.33. The summed E-state index contributed by atoms with van der Waals surface area (Å²) in [5.74, 6) is -3.00. The van der Waals surface area contributed by atoms with Crippen molar-refractivity contribution in [1.29, 1.82) is 0 Å². The maximum atomic E-state index is 12.9. The molecule has 1 saturated heterocycles. The van der Waals surface area contributed by atoms with Crippen LogP contribution in [-0.2, 0) is 25.6 Å². The average Bonchev–Trinajstić information content (AvgIpc) is 3.37. The van der Waals surface area contributed by atoms with Crippen LogP contribution >= 0.6 is 0 Å². The molecule has 4 atom stereocenters. The van der Waals surface area contributed by atoms with Crippen molar-refractivity contribution in [3.05, 3.63) is 35.9 Å². The van der Waals surface area contributed by atoms with E-state index in [2.05, 4.69) is 21.3 Å². The van der Waals surface area contributed by atoms with E-state index in [0.717, 1.165) is 13.0 Å². The molecule has 11 nitrogen and oxygen atoms in total. The van der Waals surface area contributed by atoms with E-state index in [1.165, 1.54) is 0 Å². The van der Waals surface area contributed by atoms with Crippen LogP contribution < -0.4 is 27.0 Å². The number of carbonyl (C=O) groups is 4. The Morgan fingerprint density at radius 1 is 1.00 bits per heavy atom. The van der Waals surface area contributed by atoms with Gasteiger partial charge in [-0.15, -0.1) is 0 Å². The number of rotatable bonds is 14. The Kier molecular flexibility index (Phi) is 11.4. The molecule has 188 valence electrons. The minimum absolute atomic E-state index is 0.0418. The Balaban J connectivity index is 2.01. The van der Waals surface area contributed by atoms with Gasteiger partial charge in [-0.2, -0.15) is 0 Å². The Bertz CT molecular complexity index is 815. The van der Waals surface area contributed by atoms with Crippen molar-refractivity contribution in [3.63, 3.8) is 0 Å². The van der Waals surface area contributed by atoms with Gasteiger partial charge in [0, 0.05) is 6.42 Å². The van der Waals surface area contributed by atoms with Crippen molar-refractivity contribution >= 4 is 23.7 Å². The lowest BCUT2D eigenvalue weighted by molar-refractivity contribution is -0.142. The van der Waals surface area contributed by atoms with E-state index >= 15 is 0 Å². The third kappa shape index (κ3) is 8.73. The number of unbranched alkanes of at least 4 members (excludes halogenated alkanes) is 1. The zero-order valence-electron chi connectivity index (χ0n) is 19.2. The first-order valence-corrected chi connectivity index (χ1v) is 11.6. The van der Waals surface area contributed by atoms with Crippen molar-refractivity contribution in [3.8, 4) is 0 Å². The van der Waals surface area contributed by atoms with Crippen LogP contribution in [0.1, 0.15) is 37.7 Å². The predicted molar refractivity (Wildman–Crippen MR) is 125 cm³/mol. The molecule has 0 saturated carbocycles. The maximum absolute atomic E-state index is 12.9. The Morgan fingerprint density at radius 2 is 1.68 bits per heavy atom. The van der Waals surface area contributed by atoms with Gasteiger partial charge in [-0.3, -0.25) is 14.4 Å². The molecule has 1 aliphatic heterocycles. The number of aliphatic carboxylic acids is 1. The lowest BCUT2D eigenvalue weighted by Gasteiger charge is -2.24. The van der Waals surface area contributed by atoms with Crippen molar-refractivity contribution in [1.82, 2.24) is 21.3 Å². The first kappa shape index (κ1) is 27.2. The summed E-state index contributed by atoms with van der Waals surface area (Å²) >= 11 is 0. The highest BCUT2D eigenvalue weighted by Gasteiger charge is 2.31. The van der Waals surface area contributed by atoms with Crippen LogP contribution in [0.25, 0.3) is 0 Å². The summed E-state index contributed by atoms with van der Waals surface area (Å²) in [4.78, 5) is 49.7. The van der Waals surface area contributed by atoms with Crippen molar-refractivity contribution < 1.29 is 29.4 Å². The molecule has 34 heavy (non-hydrogen) atoms. The Hall–Kier alpha value is -3.02. The monoisotopic (exact) mass is 477 g/mol. The number of hydrogen-bond donors (Lipinski definition) is 7. The lowest BCUT2D eigenvalue weighted by atomic mass is 10.1. The summed E-state index contributed by atoms with van der Waals surface area (Å²) in [6.07, 6.45) is 3.13. The van der Waals surface area contributed by atoms with Crippen molar-refractivity contribution in [2.75, 3.05) is 19.7 Å². The number of amides is 3.